The fraction of sp³-hybridized carbons (Fsp3) is 0.222. The Morgan fingerprint density at radius 3 is 2.33 bits per heavy atom. The van der Waals surface area contributed by atoms with Crippen LogP contribution in [0.15, 0.2) is 85.1 Å². The molecule has 0 bridgehead atoms. The van der Waals surface area contributed by atoms with E-state index in [1.807, 2.05) is 59.3 Å². The minimum Gasteiger partial charge on any atom is -0.454 e. The molecular formula is C27H27N3O3. The van der Waals surface area contributed by atoms with Crippen LogP contribution in [-0.4, -0.2) is 39.7 Å². The van der Waals surface area contributed by atoms with E-state index < -0.39 is 0 Å². The van der Waals surface area contributed by atoms with E-state index in [0.29, 0.717) is 19.6 Å². The van der Waals surface area contributed by atoms with Gasteiger partial charge in [0, 0.05) is 37.0 Å². The molecule has 2 heterocycles. The van der Waals surface area contributed by atoms with E-state index in [1.165, 1.54) is 11.1 Å². The summed E-state index contributed by atoms with van der Waals surface area (Å²) in [6.07, 6.45) is 2.11. The minimum absolute atomic E-state index is 0.102. The Morgan fingerprint density at radius 2 is 1.58 bits per heavy atom. The third kappa shape index (κ3) is 5.08. The van der Waals surface area contributed by atoms with Gasteiger partial charge in [-0.05, 0) is 29.3 Å². The molecule has 0 radical (unpaired) electrons. The molecule has 6 heteroatoms. The number of aliphatic hydroxyl groups is 1. The molecule has 0 aliphatic carbocycles. The molecule has 33 heavy (non-hydrogen) atoms. The topological polar surface area (TPSA) is 59.8 Å². The van der Waals surface area contributed by atoms with E-state index in [-0.39, 0.29) is 13.4 Å². The molecule has 0 saturated carbocycles. The largest absolute Gasteiger partial charge is 0.454 e. The van der Waals surface area contributed by atoms with Gasteiger partial charge in [0.05, 0.1) is 18.8 Å². The second-order valence-corrected chi connectivity index (χ2v) is 8.17. The molecule has 0 unspecified atom stereocenters. The van der Waals surface area contributed by atoms with Crippen LogP contribution >= 0.6 is 0 Å². The summed E-state index contributed by atoms with van der Waals surface area (Å²) in [6.45, 7) is 3.05. The van der Waals surface area contributed by atoms with E-state index >= 15 is 0 Å². The first-order valence-electron chi connectivity index (χ1n) is 11.2. The standard InChI is InChI=1S/C27H27N3O3/c31-14-13-29(16-21-7-3-1-4-8-21)18-24-19-30(17-22-9-5-2-6-10-22)28-27(24)23-11-12-25-26(15-23)33-20-32-25/h1-12,15,19,31H,13-14,16-18,20H2. The van der Waals surface area contributed by atoms with Crippen molar-refractivity contribution in [1.29, 1.82) is 0 Å². The van der Waals surface area contributed by atoms with Crippen molar-refractivity contribution in [3.63, 3.8) is 0 Å². The number of aromatic nitrogens is 2. The summed E-state index contributed by atoms with van der Waals surface area (Å²) in [7, 11) is 0. The van der Waals surface area contributed by atoms with Gasteiger partial charge in [-0.2, -0.15) is 5.10 Å². The number of hydrogen-bond acceptors (Lipinski definition) is 5. The van der Waals surface area contributed by atoms with Crippen molar-refractivity contribution in [2.24, 2.45) is 0 Å². The highest BCUT2D eigenvalue weighted by atomic mass is 16.7. The normalized spacial score (nSPS) is 12.4. The van der Waals surface area contributed by atoms with Crippen LogP contribution in [0, 0.1) is 0 Å². The first-order valence-corrected chi connectivity index (χ1v) is 11.2. The lowest BCUT2D eigenvalue weighted by molar-refractivity contribution is 0.174. The SMILES string of the molecule is OCCN(Cc1ccccc1)Cc1cn(Cc2ccccc2)nc1-c1ccc2c(c1)OCO2. The molecule has 0 saturated heterocycles. The minimum atomic E-state index is 0.102. The van der Waals surface area contributed by atoms with Gasteiger partial charge in [-0.3, -0.25) is 9.58 Å². The zero-order valence-electron chi connectivity index (χ0n) is 18.4. The molecule has 3 aromatic carbocycles. The summed E-state index contributed by atoms with van der Waals surface area (Å²) in [6, 6.07) is 26.6. The van der Waals surface area contributed by atoms with E-state index in [2.05, 4.69) is 35.4 Å². The van der Waals surface area contributed by atoms with Gasteiger partial charge in [-0.15, -0.1) is 0 Å². The Labute approximate surface area is 193 Å². The van der Waals surface area contributed by atoms with E-state index in [1.54, 1.807) is 0 Å². The quantitative estimate of drug-likeness (QED) is 0.419. The molecule has 1 aliphatic rings. The lowest BCUT2D eigenvalue weighted by atomic mass is 10.1. The summed E-state index contributed by atoms with van der Waals surface area (Å²) >= 11 is 0. The van der Waals surface area contributed by atoms with Crippen molar-refractivity contribution < 1.29 is 14.6 Å². The highest BCUT2D eigenvalue weighted by molar-refractivity contribution is 5.67. The maximum atomic E-state index is 9.69. The highest BCUT2D eigenvalue weighted by Gasteiger charge is 2.19. The summed E-state index contributed by atoms with van der Waals surface area (Å²) < 4.78 is 13.1. The zero-order chi connectivity index (χ0) is 22.5. The predicted octanol–water partition coefficient (Wildman–Crippen LogP) is 4.32. The third-order valence-electron chi connectivity index (χ3n) is 5.73. The Balaban J connectivity index is 1.47. The number of benzene rings is 3. The van der Waals surface area contributed by atoms with Crippen LogP contribution in [0.25, 0.3) is 11.3 Å². The molecule has 4 aromatic rings. The maximum Gasteiger partial charge on any atom is 0.231 e. The van der Waals surface area contributed by atoms with Gasteiger partial charge >= 0.3 is 0 Å². The van der Waals surface area contributed by atoms with Crippen LogP contribution in [0.3, 0.4) is 0 Å². The van der Waals surface area contributed by atoms with Crippen LogP contribution in [0.1, 0.15) is 16.7 Å². The first kappa shape index (κ1) is 21.2. The summed E-state index contributed by atoms with van der Waals surface area (Å²) in [5, 5.41) is 14.6. The zero-order valence-corrected chi connectivity index (χ0v) is 18.4. The first-order chi connectivity index (χ1) is 16.3. The molecule has 5 rings (SSSR count). The molecule has 1 aromatic heterocycles. The average molecular weight is 442 g/mol. The van der Waals surface area contributed by atoms with E-state index in [9.17, 15) is 5.11 Å². The Morgan fingerprint density at radius 1 is 0.848 bits per heavy atom. The summed E-state index contributed by atoms with van der Waals surface area (Å²) in [4.78, 5) is 2.25. The Bertz CT molecular complexity index is 1190. The molecular weight excluding hydrogens is 414 g/mol. The molecule has 1 N–H and O–H groups in total. The second kappa shape index (κ2) is 9.90. The van der Waals surface area contributed by atoms with Crippen molar-refractivity contribution in [3.8, 4) is 22.8 Å². The van der Waals surface area contributed by atoms with Crippen LogP contribution in [0.5, 0.6) is 11.5 Å². The maximum absolute atomic E-state index is 9.69. The van der Waals surface area contributed by atoms with Crippen LogP contribution in [0.2, 0.25) is 0 Å². The smallest absolute Gasteiger partial charge is 0.231 e. The number of hydrogen-bond donors (Lipinski definition) is 1. The molecule has 0 spiro atoms. The van der Waals surface area contributed by atoms with Gasteiger partial charge in [0.1, 0.15) is 0 Å². The monoisotopic (exact) mass is 441 g/mol. The second-order valence-electron chi connectivity index (χ2n) is 8.17. The molecule has 168 valence electrons. The van der Waals surface area contributed by atoms with Gasteiger partial charge in [-0.25, -0.2) is 0 Å². The van der Waals surface area contributed by atoms with Crippen molar-refractivity contribution in [2.45, 2.75) is 19.6 Å². The predicted molar refractivity (Wildman–Crippen MR) is 127 cm³/mol. The number of fused-ring (bicyclic) bond motifs is 1. The fourth-order valence-electron chi connectivity index (χ4n) is 4.15. The molecule has 6 nitrogen and oxygen atoms in total. The Hall–Kier alpha value is -3.61. The van der Waals surface area contributed by atoms with Gasteiger partial charge in [0.2, 0.25) is 6.79 Å². The average Bonchev–Trinajstić information content (AvgIpc) is 3.47. The fourth-order valence-corrected chi connectivity index (χ4v) is 4.15. The van der Waals surface area contributed by atoms with Crippen LogP contribution in [0.4, 0.5) is 0 Å². The van der Waals surface area contributed by atoms with Crippen LogP contribution < -0.4 is 9.47 Å². The van der Waals surface area contributed by atoms with E-state index in [4.69, 9.17) is 14.6 Å². The van der Waals surface area contributed by atoms with E-state index in [0.717, 1.165) is 34.9 Å². The number of rotatable bonds is 9. The summed E-state index contributed by atoms with van der Waals surface area (Å²) in [5.41, 5.74) is 5.42. The van der Waals surface area contributed by atoms with Gasteiger partial charge in [-0.1, -0.05) is 60.7 Å². The lowest BCUT2D eigenvalue weighted by Gasteiger charge is -2.21. The van der Waals surface area contributed by atoms with Crippen LogP contribution in [-0.2, 0) is 19.6 Å². The number of aliphatic hydroxyl groups excluding tert-OH is 1. The van der Waals surface area contributed by atoms with Crippen molar-refractivity contribution in [1.82, 2.24) is 14.7 Å². The summed E-state index contributed by atoms with van der Waals surface area (Å²) in [5.74, 6) is 1.50. The number of ether oxygens (including phenoxy) is 2. The highest BCUT2D eigenvalue weighted by Crippen LogP contribution is 2.36. The van der Waals surface area contributed by atoms with Crippen molar-refractivity contribution >= 4 is 0 Å². The Kier molecular flexibility index (Phi) is 6.37. The van der Waals surface area contributed by atoms with Crippen molar-refractivity contribution in [3.05, 3.63) is 102 Å². The third-order valence-corrected chi connectivity index (χ3v) is 5.73. The molecule has 0 amide bonds. The molecule has 0 fully saturated rings. The van der Waals surface area contributed by atoms with Crippen molar-refractivity contribution in [2.75, 3.05) is 19.9 Å². The lowest BCUT2D eigenvalue weighted by Crippen LogP contribution is -2.26. The van der Waals surface area contributed by atoms with Gasteiger partial charge in [0.15, 0.2) is 11.5 Å². The number of nitrogens with zero attached hydrogens (tertiary/aromatic N) is 3. The van der Waals surface area contributed by atoms with Gasteiger partial charge < -0.3 is 14.6 Å². The van der Waals surface area contributed by atoms with Gasteiger partial charge in [0.25, 0.3) is 0 Å². The molecule has 1 aliphatic heterocycles. The molecule has 0 atom stereocenters.